The molecule has 0 aliphatic rings. The van der Waals surface area contributed by atoms with E-state index >= 15 is 0 Å². The smallest absolute Gasteiger partial charge is 0.206 e. The Hall–Kier alpha value is -0.390. The normalized spacial score (nSPS) is 12.2. The molecule has 1 aromatic heterocycles. The Balaban J connectivity index is 2.70. The molecule has 0 amide bonds. The molecule has 1 rings (SSSR count). The van der Waals surface area contributed by atoms with Gasteiger partial charge in [-0.25, -0.2) is 8.42 Å². The van der Waals surface area contributed by atoms with E-state index in [1.165, 1.54) is 11.3 Å². The van der Waals surface area contributed by atoms with Gasteiger partial charge >= 0.3 is 0 Å². The summed E-state index contributed by atoms with van der Waals surface area (Å²) in [5.41, 5.74) is 0. The fraction of sp³-hybridized carbons (Fsp3) is 0.714. The van der Waals surface area contributed by atoms with Crippen molar-refractivity contribution in [3.63, 3.8) is 0 Å². The van der Waals surface area contributed by atoms with Crippen molar-refractivity contribution in [3.05, 3.63) is 17.5 Å². The number of thiophene rings is 1. The molecule has 3 nitrogen and oxygen atoms in total. The average molecular weight is 303 g/mol. The van der Waals surface area contributed by atoms with E-state index in [0.717, 1.165) is 38.5 Å². The van der Waals surface area contributed by atoms with Crippen LogP contribution in [0.1, 0.15) is 52.4 Å². The van der Waals surface area contributed by atoms with Crippen LogP contribution in [0.2, 0.25) is 0 Å². The summed E-state index contributed by atoms with van der Waals surface area (Å²) in [6.07, 6.45) is 6.30. The van der Waals surface area contributed by atoms with Crippen molar-refractivity contribution in [2.75, 3.05) is 13.1 Å². The maximum absolute atomic E-state index is 12.5. The highest BCUT2D eigenvalue weighted by atomic mass is 32.2. The molecule has 1 heterocycles. The van der Waals surface area contributed by atoms with E-state index in [1.807, 2.05) is 5.38 Å². The van der Waals surface area contributed by atoms with E-state index < -0.39 is 10.0 Å². The van der Waals surface area contributed by atoms with E-state index in [1.54, 1.807) is 16.4 Å². The zero-order valence-electron chi connectivity index (χ0n) is 12.0. The minimum Gasteiger partial charge on any atom is -0.206 e. The lowest BCUT2D eigenvalue weighted by atomic mass is 10.2. The second-order valence-corrected chi connectivity index (χ2v) is 7.86. The molecule has 0 aliphatic heterocycles. The Morgan fingerprint density at radius 1 is 1.05 bits per heavy atom. The molecule has 110 valence electrons. The van der Waals surface area contributed by atoms with Gasteiger partial charge in [-0.05, 0) is 24.3 Å². The van der Waals surface area contributed by atoms with Crippen LogP contribution in [-0.2, 0) is 10.0 Å². The Labute approximate surface area is 121 Å². The molecule has 0 bridgehead atoms. The monoisotopic (exact) mass is 303 g/mol. The number of hydrogen-bond donors (Lipinski definition) is 0. The van der Waals surface area contributed by atoms with Crippen LogP contribution in [0.15, 0.2) is 21.7 Å². The molecule has 0 radical (unpaired) electrons. The first-order valence-corrected chi connectivity index (χ1v) is 9.48. The number of unbranched alkanes of at least 4 members (excludes halogenated alkanes) is 4. The maximum Gasteiger partial charge on any atom is 0.252 e. The van der Waals surface area contributed by atoms with Gasteiger partial charge in [-0.15, -0.1) is 11.3 Å². The summed E-state index contributed by atoms with van der Waals surface area (Å²) >= 11 is 1.31. The van der Waals surface area contributed by atoms with E-state index in [-0.39, 0.29) is 0 Å². The van der Waals surface area contributed by atoms with E-state index in [2.05, 4.69) is 13.8 Å². The van der Waals surface area contributed by atoms with E-state index in [0.29, 0.717) is 17.3 Å². The zero-order valence-corrected chi connectivity index (χ0v) is 13.6. The predicted octanol–water partition coefficient (Wildman–Crippen LogP) is 4.12. The Kier molecular flexibility index (Phi) is 7.64. The molecule has 19 heavy (non-hydrogen) atoms. The van der Waals surface area contributed by atoms with Gasteiger partial charge in [0, 0.05) is 13.1 Å². The molecule has 5 heteroatoms. The molecule has 0 unspecified atom stereocenters. The van der Waals surface area contributed by atoms with Crippen molar-refractivity contribution < 1.29 is 8.42 Å². The second kappa shape index (κ2) is 8.72. The first-order chi connectivity index (χ1) is 9.12. The zero-order chi connectivity index (χ0) is 14.1. The summed E-state index contributed by atoms with van der Waals surface area (Å²) in [5, 5.41) is 1.82. The van der Waals surface area contributed by atoms with Gasteiger partial charge in [0.25, 0.3) is 10.0 Å². The van der Waals surface area contributed by atoms with Crippen LogP contribution < -0.4 is 0 Å². The lowest BCUT2D eigenvalue weighted by molar-refractivity contribution is 0.389. The van der Waals surface area contributed by atoms with Crippen LogP contribution in [0.4, 0.5) is 0 Å². The average Bonchev–Trinajstić information content (AvgIpc) is 2.91. The van der Waals surface area contributed by atoms with Gasteiger partial charge in [-0.3, -0.25) is 0 Å². The number of rotatable bonds is 10. The van der Waals surface area contributed by atoms with Gasteiger partial charge in [0.1, 0.15) is 4.21 Å². The molecule has 0 fully saturated rings. The van der Waals surface area contributed by atoms with Crippen LogP contribution in [0.5, 0.6) is 0 Å². The van der Waals surface area contributed by atoms with Crippen LogP contribution >= 0.6 is 11.3 Å². The molecular formula is C14H25NO2S2. The van der Waals surface area contributed by atoms with E-state index in [9.17, 15) is 8.42 Å². The summed E-state index contributed by atoms with van der Waals surface area (Å²) in [6, 6.07) is 3.50. The van der Waals surface area contributed by atoms with Crippen molar-refractivity contribution in [1.82, 2.24) is 4.31 Å². The predicted molar refractivity (Wildman–Crippen MR) is 82.1 cm³/mol. The highest BCUT2D eigenvalue weighted by Gasteiger charge is 2.24. The largest absolute Gasteiger partial charge is 0.252 e. The standard InChI is InChI=1S/C14H25NO2S2/c1-3-5-7-11-15(12-8-6-4-2)19(16,17)14-10-9-13-18-14/h9-10,13H,3-8,11-12H2,1-2H3. The van der Waals surface area contributed by atoms with E-state index in [4.69, 9.17) is 0 Å². The van der Waals surface area contributed by atoms with Crippen LogP contribution in [0.25, 0.3) is 0 Å². The molecule has 0 spiro atoms. The first-order valence-electron chi connectivity index (χ1n) is 7.16. The second-order valence-electron chi connectivity index (χ2n) is 4.75. The quantitative estimate of drug-likeness (QED) is 0.610. The highest BCUT2D eigenvalue weighted by Crippen LogP contribution is 2.22. The lowest BCUT2D eigenvalue weighted by Crippen LogP contribution is -2.32. The minimum absolute atomic E-state index is 0.473. The Morgan fingerprint density at radius 2 is 1.63 bits per heavy atom. The van der Waals surface area contributed by atoms with Crippen molar-refractivity contribution in [2.45, 2.75) is 56.6 Å². The van der Waals surface area contributed by atoms with Gasteiger partial charge in [-0.2, -0.15) is 4.31 Å². The fourth-order valence-electron chi connectivity index (χ4n) is 1.97. The van der Waals surface area contributed by atoms with Gasteiger partial charge in [-0.1, -0.05) is 45.6 Å². The van der Waals surface area contributed by atoms with Crippen LogP contribution in [0, 0.1) is 0 Å². The molecular weight excluding hydrogens is 278 g/mol. The highest BCUT2D eigenvalue weighted by molar-refractivity contribution is 7.91. The summed E-state index contributed by atoms with van der Waals surface area (Å²) in [4.78, 5) is 0. The number of nitrogens with zero attached hydrogens (tertiary/aromatic N) is 1. The summed E-state index contributed by atoms with van der Waals surface area (Å²) in [6.45, 7) is 5.57. The summed E-state index contributed by atoms with van der Waals surface area (Å²) in [7, 11) is -3.27. The fourth-order valence-corrected chi connectivity index (χ4v) is 4.63. The molecule has 0 aliphatic carbocycles. The van der Waals surface area contributed by atoms with Gasteiger partial charge in [0.05, 0.1) is 0 Å². The molecule has 0 saturated heterocycles. The van der Waals surface area contributed by atoms with Crippen molar-refractivity contribution in [3.8, 4) is 0 Å². The Morgan fingerprint density at radius 3 is 2.05 bits per heavy atom. The van der Waals surface area contributed by atoms with Crippen LogP contribution in [0.3, 0.4) is 0 Å². The minimum atomic E-state index is -3.27. The molecule has 1 aromatic rings. The molecule has 0 N–H and O–H groups in total. The summed E-state index contributed by atoms with van der Waals surface area (Å²) in [5.74, 6) is 0. The van der Waals surface area contributed by atoms with Crippen molar-refractivity contribution in [2.24, 2.45) is 0 Å². The molecule has 0 aromatic carbocycles. The third-order valence-electron chi connectivity index (χ3n) is 3.11. The lowest BCUT2D eigenvalue weighted by Gasteiger charge is -2.21. The van der Waals surface area contributed by atoms with Crippen LogP contribution in [-0.4, -0.2) is 25.8 Å². The van der Waals surface area contributed by atoms with Gasteiger partial charge in [0.2, 0.25) is 0 Å². The summed E-state index contributed by atoms with van der Waals surface area (Å²) < 4.78 is 27.2. The Bertz CT molecular complexity index is 416. The topological polar surface area (TPSA) is 37.4 Å². The third-order valence-corrected chi connectivity index (χ3v) is 6.38. The molecule has 0 atom stereocenters. The van der Waals surface area contributed by atoms with Gasteiger partial charge < -0.3 is 0 Å². The number of hydrogen-bond acceptors (Lipinski definition) is 3. The van der Waals surface area contributed by atoms with Gasteiger partial charge in [0.15, 0.2) is 0 Å². The number of sulfonamides is 1. The van der Waals surface area contributed by atoms with Crippen molar-refractivity contribution >= 4 is 21.4 Å². The van der Waals surface area contributed by atoms with Crippen molar-refractivity contribution in [1.29, 1.82) is 0 Å². The third kappa shape index (κ3) is 5.24. The molecule has 0 saturated carbocycles. The maximum atomic E-state index is 12.5. The SMILES string of the molecule is CCCCCN(CCCCC)S(=O)(=O)c1cccs1. The first kappa shape index (κ1) is 16.7.